The first kappa shape index (κ1) is 22.5. The van der Waals surface area contributed by atoms with Crippen LogP contribution < -0.4 is 10.1 Å². The molecule has 0 saturated heterocycles. The zero-order chi connectivity index (χ0) is 21.4. The van der Waals surface area contributed by atoms with Crippen molar-refractivity contribution in [3.05, 3.63) is 65.7 Å². The SMILES string of the molecule is CNC(=O)[C@@H](C)N(CCc1ccccc1)C(=O)COc1ccc(C(C)(C)C)cc1. The first-order chi connectivity index (χ1) is 13.7. The summed E-state index contributed by atoms with van der Waals surface area (Å²) in [5.74, 6) is 0.236. The molecule has 2 amide bonds. The first-order valence-electron chi connectivity index (χ1n) is 10.0. The summed E-state index contributed by atoms with van der Waals surface area (Å²) >= 11 is 0. The average molecular weight is 397 g/mol. The van der Waals surface area contributed by atoms with Gasteiger partial charge in [-0.05, 0) is 42.0 Å². The molecular formula is C24H32N2O3. The van der Waals surface area contributed by atoms with Crippen LogP contribution in [0.25, 0.3) is 0 Å². The van der Waals surface area contributed by atoms with E-state index in [9.17, 15) is 9.59 Å². The van der Waals surface area contributed by atoms with Crippen LogP contribution in [0.5, 0.6) is 5.75 Å². The molecule has 0 heterocycles. The molecule has 1 N–H and O–H groups in total. The summed E-state index contributed by atoms with van der Waals surface area (Å²) in [6, 6.07) is 17.1. The minimum atomic E-state index is -0.567. The second-order valence-corrected chi connectivity index (χ2v) is 8.18. The van der Waals surface area contributed by atoms with Crippen molar-refractivity contribution < 1.29 is 14.3 Å². The number of carbonyl (C=O) groups excluding carboxylic acids is 2. The summed E-state index contributed by atoms with van der Waals surface area (Å²) in [7, 11) is 1.58. The van der Waals surface area contributed by atoms with E-state index in [1.165, 1.54) is 5.56 Å². The lowest BCUT2D eigenvalue weighted by atomic mass is 9.87. The van der Waals surface area contributed by atoms with Crippen LogP contribution in [0, 0.1) is 0 Å². The van der Waals surface area contributed by atoms with E-state index in [2.05, 4.69) is 26.1 Å². The number of benzene rings is 2. The molecule has 2 aromatic carbocycles. The van der Waals surface area contributed by atoms with Gasteiger partial charge in [-0.2, -0.15) is 0 Å². The highest BCUT2D eigenvalue weighted by Gasteiger charge is 2.25. The molecule has 2 rings (SSSR count). The van der Waals surface area contributed by atoms with E-state index in [0.29, 0.717) is 18.7 Å². The minimum Gasteiger partial charge on any atom is -0.484 e. The van der Waals surface area contributed by atoms with Crippen molar-refractivity contribution in [2.75, 3.05) is 20.2 Å². The number of ether oxygens (including phenoxy) is 1. The van der Waals surface area contributed by atoms with Gasteiger partial charge in [-0.25, -0.2) is 0 Å². The quantitative estimate of drug-likeness (QED) is 0.742. The Morgan fingerprint density at radius 3 is 2.21 bits per heavy atom. The van der Waals surface area contributed by atoms with E-state index < -0.39 is 6.04 Å². The van der Waals surface area contributed by atoms with Crippen LogP contribution in [0.15, 0.2) is 54.6 Å². The number of amides is 2. The van der Waals surface area contributed by atoms with Crippen LogP contribution in [0.3, 0.4) is 0 Å². The summed E-state index contributed by atoms with van der Waals surface area (Å²) in [6.45, 7) is 8.53. The molecule has 0 saturated carbocycles. The predicted octanol–water partition coefficient (Wildman–Crippen LogP) is 3.57. The monoisotopic (exact) mass is 396 g/mol. The average Bonchev–Trinajstić information content (AvgIpc) is 2.72. The van der Waals surface area contributed by atoms with Crippen LogP contribution >= 0.6 is 0 Å². The summed E-state index contributed by atoms with van der Waals surface area (Å²) in [6.07, 6.45) is 0.675. The van der Waals surface area contributed by atoms with Crippen LogP contribution in [-0.2, 0) is 21.4 Å². The number of hydrogen-bond acceptors (Lipinski definition) is 3. The highest BCUT2D eigenvalue weighted by Crippen LogP contribution is 2.24. The lowest BCUT2D eigenvalue weighted by molar-refractivity contribution is -0.141. The molecule has 0 bridgehead atoms. The number of hydrogen-bond donors (Lipinski definition) is 1. The maximum atomic E-state index is 12.8. The lowest BCUT2D eigenvalue weighted by Gasteiger charge is -2.28. The maximum Gasteiger partial charge on any atom is 0.261 e. The molecule has 0 unspecified atom stereocenters. The van der Waals surface area contributed by atoms with Gasteiger partial charge in [-0.1, -0.05) is 63.2 Å². The third kappa shape index (κ3) is 6.63. The Balaban J connectivity index is 2.03. The molecule has 156 valence electrons. The van der Waals surface area contributed by atoms with E-state index in [1.54, 1.807) is 18.9 Å². The van der Waals surface area contributed by atoms with E-state index in [-0.39, 0.29) is 23.8 Å². The smallest absolute Gasteiger partial charge is 0.261 e. The van der Waals surface area contributed by atoms with Gasteiger partial charge >= 0.3 is 0 Å². The predicted molar refractivity (Wildman–Crippen MR) is 116 cm³/mol. The number of likely N-dealkylation sites (N-methyl/N-ethyl adjacent to an activating group) is 1. The number of carbonyl (C=O) groups is 2. The molecule has 0 aliphatic carbocycles. The van der Waals surface area contributed by atoms with Gasteiger partial charge in [0.25, 0.3) is 5.91 Å². The Labute approximate surface area is 174 Å². The Hall–Kier alpha value is -2.82. The van der Waals surface area contributed by atoms with E-state index >= 15 is 0 Å². The third-order valence-corrected chi connectivity index (χ3v) is 4.98. The summed E-state index contributed by atoms with van der Waals surface area (Å²) < 4.78 is 5.71. The van der Waals surface area contributed by atoms with Gasteiger partial charge in [0.05, 0.1) is 0 Å². The van der Waals surface area contributed by atoms with Gasteiger partial charge in [0.2, 0.25) is 5.91 Å². The van der Waals surface area contributed by atoms with E-state index in [0.717, 1.165) is 5.56 Å². The molecule has 0 aromatic heterocycles. The number of nitrogens with zero attached hydrogens (tertiary/aromatic N) is 1. The molecule has 5 heteroatoms. The van der Waals surface area contributed by atoms with Crippen molar-refractivity contribution in [3.8, 4) is 5.75 Å². The zero-order valence-electron chi connectivity index (χ0n) is 18.1. The summed E-state index contributed by atoms with van der Waals surface area (Å²) in [5.41, 5.74) is 2.38. The topological polar surface area (TPSA) is 58.6 Å². The van der Waals surface area contributed by atoms with Crippen molar-refractivity contribution in [2.24, 2.45) is 0 Å². The highest BCUT2D eigenvalue weighted by molar-refractivity contribution is 5.87. The molecule has 0 radical (unpaired) electrons. The summed E-state index contributed by atoms with van der Waals surface area (Å²) in [5, 5.41) is 2.62. The second kappa shape index (κ2) is 10.1. The first-order valence-corrected chi connectivity index (χ1v) is 10.0. The second-order valence-electron chi connectivity index (χ2n) is 8.18. The molecule has 0 aliphatic rings. The van der Waals surface area contributed by atoms with Crippen molar-refractivity contribution in [2.45, 2.75) is 45.6 Å². The van der Waals surface area contributed by atoms with Crippen molar-refractivity contribution in [1.82, 2.24) is 10.2 Å². The van der Waals surface area contributed by atoms with Gasteiger partial charge in [0, 0.05) is 13.6 Å². The van der Waals surface area contributed by atoms with Gasteiger partial charge in [-0.15, -0.1) is 0 Å². The van der Waals surface area contributed by atoms with Gasteiger partial charge in [0.15, 0.2) is 6.61 Å². The van der Waals surface area contributed by atoms with E-state index in [1.807, 2.05) is 54.6 Å². The minimum absolute atomic E-state index is 0.0610. The van der Waals surface area contributed by atoms with Crippen molar-refractivity contribution in [1.29, 1.82) is 0 Å². The van der Waals surface area contributed by atoms with Gasteiger partial charge < -0.3 is 15.0 Å². The molecule has 29 heavy (non-hydrogen) atoms. The highest BCUT2D eigenvalue weighted by atomic mass is 16.5. The zero-order valence-corrected chi connectivity index (χ0v) is 18.1. The standard InChI is InChI=1S/C24H32N2O3/c1-18(23(28)25-5)26(16-15-19-9-7-6-8-10-19)22(27)17-29-21-13-11-20(12-14-21)24(2,3)4/h6-14,18H,15-17H2,1-5H3,(H,25,28)/t18-/m1/s1. The Morgan fingerprint density at radius 2 is 1.66 bits per heavy atom. The van der Waals surface area contributed by atoms with Crippen LogP contribution in [0.2, 0.25) is 0 Å². The van der Waals surface area contributed by atoms with E-state index in [4.69, 9.17) is 4.74 Å². The normalized spacial score (nSPS) is 12.2. The lowest BCUT2D eigenvalue weighted by Crippen LogP contribution is -2.49. The fourth-order valence-electron chi connectivity index (χ4n) is 3.06. The number of rotatable bonds is 8. The van der Waals surface area contributed by atoms with Crippen molar-refractivity contribution >= 4 is 11.8 Å². The summed E-state index contributed by atoms with van der Waals surface area (Å²) in [4.78, 5) is 26.6. The Morgan fingerprint density at radius 1 is 1.03 bits per heavy atom. The van der Waals surface area contributed by atoms with Crippen molar-refractivity contribution in [3.63, 3.8) is 0 Å². The van der Waals surface area contributed by atoms with Crippen LogP contribution in [0.1, 0.15) is 38.8 Å². The third-order valence-electron chi connectivity index (χ3n) is 4.98. The molecule has 0 aliphatic heterocycles. The molecular weight excluding hydrogens is 364 g/mol. The molecule has 2 aromatic rings. The number of nitrogens with one attached hydrogen (secondary N) is 1. The molecule has 0 spiro atoms. The van der Waals surface area contributed by atoms with Gasteiger partial charge in [-0.3, -0.25) is 9.59 Å². The Kier molecular flexibility index (Phi) is 7.82. The molecule has 5 nitrogen and oxygen atoms in total. The molecule has 0 fully saturated rings. The fraction of sp³-hybridized carbons (Fsp3) is 0.417. The maximum absolute atomic E-state index is 12.8. The van der Waals surface area contributed by atoms with Gasteiger partial charge in [0.1, 0.15) is 11.8 Å². The van der Waals surface area contributed by atoms with Crippen LogP contribution in [-0.4, -0.2) is 43.0 Å². The van der Waals surface area contributed by atoms with Crippen LogP contribution in [0.4, 0.5) is 0 Å². The largest absolute Gasteiger partial charge is 0.484 e. The molecule has 1 atom stereocenters. The fourth-order valence-corrected chi connectivity index (χ4v) is 3.06. The Bertz CT molecular complexity index is 795.